The number of amides is 1. The van der Waals surface area contributed by atoms with Gasteiger partial charge in [0, 0.05) is 24.8 Å². The Labute approximate surface area is 136 Å². The van der Waals surface area contributed by atoms with Crippen molar-refractivity contribution in [3.63, 3.8) is 0 Å². The largest absolute Gasteiger partial charge is 0.340 e. The minimum atomic E-state index is -0.00441. The first-order valence-corrected chi connectivity index (χ1v) is 8.09. The van der Waals surface area contributed by atoms with Gasteiger partial charge in [-0.05, 0) is 56.4 Å². The van der Waals surface area contributed by atoms with Crippen LogP contribution < -0.4 is 5.32 Å². The molecule has 1 fully saturated rings. The Balaban J connectivity index is 1.76. The molecular weight excluding hydrogens is 288 g/mol. The van der Waals surface area contributed by atoms with Gasteiger partial charge in [-0.15, -0.1) is 0 Å². The molecule has 0 aliphatic carbocycles. The maximum absolute atomic E-state index is 12.5. The van der Waals surface area contributed by atoms with Crippen molar-refractivity contribution in [3.05, 3.63) is 47.4 Å². The molecule has 5 nitrogen and oxygen atoms in total. The number of anilines is 2. The van der Waals surface area contributed by atoms with Crippen molar-refractivity contribution < 1.29 is 4.79 Å². The Morgan fingerprint density at radius 1 is 1.04 bits per heavy atom. The quantitative estimate of drug-likeness (QED) is 0.943. The van der Waals surface area contributed by atoms with Crippen molar-refractivity contribution >= 4 is 17.4 Å². The van der Waals surface area contributed by atoms with E-state index in [-0.39, 0.29) is 5.91 Å². The highest BCUT2D eigenvalue weighted by molar-refractivity contribution is 5.93. The number of rotatable bonds is 3. The number of aryl methyl sites for hydroxylation is 2. The van der Waals surface area contributed by atoms with Gasteiger partial charge >= 0.3 is 0 Å². The fourth-order valence-corrected chi connectivity index (χ4v) is 2.77. The van der Waals surface area contributed by atoms with E-state index in [0.717, 1.165) is 31.6 Å². The van der Waals surface area contributed by atoms with Gasteiger partial charge < -0.3 is 10.2 Å². The van der Waals surface area contributed by atoms with Crippen molar-refractivity contribution in [2.24, 2.45) is 0 Å². The topological polar surface area (TPSA) is 58.1 Å². The predicted molar refractivity (Wildman–Crippen MR) is 91.0 cm³/mol. The molecule has 1 aliphatic rings. The van der Waals surface area contributed by atoms with Crippen LogP contribution in [0.5, 0.6) is 0 Å². The Morgan fingerprint density at radius 2 is 1.83 bits per heavy atom. The van der Waals surface area contributed by atoms with Crippen LogP contribution in [-0.2, 0) is 0 Å². The highest BCUT2D eigenvalue weighted by Crippen LogP contribution is 2.19. The first kappa shape index (κ1) is 15.5. The molecule has 0 atom stereocenters. The van der Waals surface area contributed by atoms with Crippen LogP contribution in [-0.4, -0.2) is 33.9 Å². The second-order valence-electron chi connectivity index (χ2n) is 6.07. The first-order chi connectivity index (χ1) is 11.1. The van der Waals surface area contributed by atoms with E-state index in [9.17, 15) is 4.79 Å². The summed E-state index contributed by atoms with van der Waals surface area (Å²) < 4.78 is 0. The zero-order valence-electron chi connectivity index (χ0n) is 13.7. The summed E-state index contributed by atoms with van der Waals surface area (Å²) in [7, 11) is 0. The highest BCUT2D eigenvalue weighted by Gasteiger charge is 2.19. The summed E-state index contributed by atoms with van der Waals surface area (Å²) in [6, 6.07) is 7.88. The van der Waals surface area contributed by atoms with Gasteiger partial charge in [0.25, 0.3) is 5.91 Å². The normalized spacial score (nSPS) is 14.6. The summed E-state index contributed by atoms with van der Waals surface area (Å²) in [5.74, 6) is 0.638. The Hall–Kier alpha value is -2.43. The van der Waals surface area contributed by atoms with E-state index >= 15 is 0 Å². The summed E-state index contributed by atoms with van der Waals surface area (Å²) in [4.78, 5) is 22.8. The molecule has 0 unspecified atom stereocenters. The van der Waals surface area contributed by atoms with E-state index in [0.29, 0.717) is 11.5 Å². The fraction of sp³-hybridized carbons (Fsp3) is 0.389. The molecule has 1 aromatic carbocycles. The second kappa shape index (κ2) is 6.77. The van der Waals surface area contributed by atoms with E-state index in [1.54, 1.807) is 6.07 Å². The van der Waals surface area contributed by atoms with E-state index in [4.69, 9.17) is 0 Å². The lowest BCUT2D eigenvalue weighted by molar-refractivity contribution is 0.0718. The number of nitrogens with zero attached hydrogens (tertiary/aromatic N) is 3. The molecule has 0 saturated carbocycles. The lowest BCUT2D eigenvalue weighted by atomic mass is 10.1. The predicted octanol–water partition coefficient (Wildman–Crippen LogP) is 3.46. The third-order valence-electron chi connectivity index (χ3n) is 4.31. The summed E-state index contributed by atoms with van der Waals surface area (Å²) >= 11 is 0. The number of piperidine rings is 1. The van der Waals surface area contributed by atoms with Crippen molar-refractivity contribution in [1.82, 2.24) is 14.9 Å². The molecule has 1 amide bonds. The number of carbonyl (C=O) groups excluding carboxylic acids is 1. The van der Waals surface area contributed by atoms with Gasteiger partial charge in [0.2, 0.25) is 0 Å². The van der Waals surface area contributed by atoms with Crippen LogP contribution in [0.15, 0.2) is 30.6 Å². The summed E-state index contributed by atoms with van der Waals surface area (Å²) in [5, 5.41) is 3.25. The van der Waals surface area contributed by atoms with E-state index in [2.05, 4.69) is 41.3 Å². The van der Waals surface area contributed by atoms with Crippen LogP contribution in [0.1, 0.15) is 40.9 Å². The minimum absolute atomic E-state index is 0.00441. The maximum Gasteiger partial charge on any atom is 0.272 e. The molecule has 1 N–H and O–H groups in total. The molecule has 5 heteroatoms. The highest BCUT2D eigenvalue weighted by atomic mass is 16.2. The molecule has 1 saturated heterocycles. The lowest BCUT2D eigenvalue weighted by Gasteiger charge is -2.26. The maximum atomic E-state index is 12.5. The van der Waals surface area contributed by atoms with Crippen LogP contribution in [0.3, 0.4) is 0 Å². The molecular formula is C18H22N4O. The van der Waals surface area contributed by atoms with Gasteiger partial charge in [-0.3, -0.25) is 4.79 Å². The number of carbonyl (C=O) groups is 1. The van der Waals surface area contributed by atoms with Crippen LogP contribution in [0.4, 0.5) is 11.5 Å². The van der Waals surface area contributed by atoms with Crippen molar-refractivity contribution in [3.8, 4) is 0 Å². The standard InChI is InChI=1S/C18H22N4O/c1-13-6-7-15(10-14(13)2)21-17-11-16(19-12-20-17)18(23)22-8-4-3-5-9-22/h6-7,10-12H,3-5,8-9H2,1-2H3,(H,19,20,21). The van der Waals surface area contributed by atoms with E-state index in [1.165, 1.54) is 23.9 Å². The van der Waals surface area contributed by atoms with E-state index in [1.807, 2.05) is 11.0 Å². The number of nitrogens with one attached hydrogen (secondary N) is 1. The molecule has 0 bridgehead atoms. The minimum Gasteiger partial charge on any atom is -0.340 e. The SMILES string of the molecule is Cc1ccc(Nc2cc(C(=O)N3CCCCC3)ncn2)cc1C. The van der Waals surface area contributed by atoms with Gasteiger partial charge in [-0.25, -0.2) is 9.97 Å². The van der Waals surface area contributed by atoms with Gasteiger partial charge in [-0.1, -0.05) is 6.07 Å². The second-order valence-corrected chi connectivity index (χ2v) is 6.07. The average molecular weight is 310 g/mol. The molecule has 1 aromatic heterocycles. The van der Waals surface area contributed by atoms with E-state index < -0.39 is 0 Å². The van der Waals surface area contributed by atoms with Crippen molar-refractivity contribution in [2.45, 2.75) is 33.1 Å². The van der Waals surface area contributed by atoms with Crippen molar-refractivity contribution in [1.29, 1.82) is 0 Å². The molecule has 0 radical (unpaired) electrons. The number of hydrogen-bond acceptors (Lipinski definition) is 4. The van der Waals surface area contributed by atoms with Gasteiger partial charge in [-0.2, -0.15) is 0 Å². The molecule has 3 rings (SSSR count). The first-order valence-electron chi connectivity index (χ1n) is 8.09. The Kier molecular flexibility index (Phi) is 4.55. The van der Waals surface area contributed by atoms with Gasteiger partial charge in [0.1, 0.15) is 17.8 Å². The number of hydrogen-bond donors (Lipinski definition) is 1. The smallest absolute Gasteiger partial charge is 0.272 e. The number of likely N-dealkylation sites (tertiary alicyclic amines) is 1. The summed E-state index contributed by atoms with van der Waals surface area (Å²) in [5.41, 5.74) is 3.88. The molecule has 2 heterocycles. The molecule has 2 aromatic rings. The van der Waals surface area contributed by atoms with Crippen LogP contribution >= 0.6 is 0 Å². The zero-order chi connectivity index (χ0) is 16.2. The Bertz CT molecular complexity index is 708. The molecule has 0 spiro atoms. The third kappa shape index (κ3) is 3.67. The van der Waals surface area contributed by atoms with Crippen LogP contribution in [0.2, 0.25) is 0 Å². The third-order valence-corrected chi connectivity index (χ3v) is 4.31. The van der Waals surface area contributed by atoms with Gasteiger partial charge in [0.15, 0.2) is 0 Å². The molecule has 120 valence electrons. The summed E-state index contributed by atoms with van der Waals surface area (Å²) in [6.45, 7) is 5.80. The molecule has 23 heavy (non-hydrogen) atoms. The zero-order valence-corrected chi connectivity index (χ0v) is 13.7. The monoisotopic (exact) mass is 310 g/mol. The average Bonchev–Trinajstić information content (AvgIpc) is 2.58. The Morgan fingerprint density at radius 3 is 2.57 bits per heavy atom. The lowest BCUT2D eigenvalue weighted by Crippen LogP contribution is -2.36. The van der Waals surface area contributed by atoms with Crippen LogP contribution in [0, 0.1) is 13.8 Å². The van der Waals surface area contributed by atoms with Gasteiger partial charge in [0.05, 0.1) is 0 Å². The summed E-state index contributed by atoms with van der Waals surface area (Å²) in [6.07, 6.45) is 4.79. The fourth-order valence-electron chi connectivity index (χ4n) is 2.77. The van der Waals surface area contributed by atoms with Crippen molar-refractivity contribution in [2.75, 3.05) is 18.4 Å². The van der Waals surface area contributed by atoms with Crippen LogP contribution in [0.25, 0.3) is 0 Å². The number of benzene rings is 1. The number of aromatic nitrogens is 2. The molecule has 1 aliphatic heterocycles.